The quantitative estimate of drug-likeness (QED) is 0.930. The first kappa shape index (κ1) is 14.8. The van der Waals surface area contributed by atoms with Crippen LogP contribution >= 0.6 is 11.6 Å². The van der Waals surface area contributed by atoms with E-state index in [1.165, 1.54) is 17.0 Å². The van der Waals surface area contributed by atoms with Gasteiger partial charge in [0.25, 0.3) is 0 Å². The zero-order valence-corrected chi connectivity index (χ0v) is 11.7. The molecule has 6 heteroatoms. The molecule has 1 aromatic rings. The number of hydrogen-bond donors (Lipinski definition) is 1. The van der Waals surface area contributed by atoms with Crippen molar-refractivity contribution in [3.63, 3.8) is 0 Å². The molecule has 2 rings (SSSR count). The van der Waals surface area contributed by atoms with Crippen LogP contribution in [-0.4, -0.2) is 28.4 Å². The molecule has 0 saturated carbocycles. The number of likely N-dealkylation sites (tertiary alicyclic amines) is 1. The van der Waals surface area contributed by atoms with Crippen molar-refractivity contribution in [3.8, 4) is 0 Å². The van der Waals surface area contributed by atoms with E-state index >= 15 is 0 Å². The molecule has 1 heterocycles. The second-order valence-corrected chi connectivity index (χ2v) is 5.28. The number of halogens is 2. The van der Waals surface area contributed by atoms with Crippen LogP contribution in [0.4, 0.5) is 4.39 Å². The fourth-order valence-corrected chi connectivity index (χ4v) is 2.80. The van der Waals surface area contributed by atoms with Gasteiger partial charge in [-0.1, -0.05) is 24.6 Å². The summed E-state index contributed by atoms with van der Waals surface area (Å²) >= 11 is 5.71. The van der Waals surface area contributed by atoms with E-state index in [-0.39, 0.29) is 22.9 Å². The number of benzene rings is 1. The van der Waals surface area contributed by atoms with Gasteiger partial charge in [-0.15, -0.1) is 0 Å². The number of carboxylic acids is 1. The average Bonchev–Trinajstić information content (AvgIpc) is 2.68. The molecule has 1 saturated heterocycles. The monoisotopic (exact) mass is 299 g/mol. The smallest absolute Gasteiger partial charge is 0.309 e. The van der Waals surface area contributed by atoms with Crippen LogP contribution in [0.25, 0.3) is 0 Å². The molecule has 2 atom stereocenters. The first-order chi connectivity index (χ1) is 9.45. The molecule has 0 bridgehead atoms. The Labute approximate surface area is 121 Å². The Bertz CT molecular complexity index is 549. The topological polar surface area (TPSA) is 57.6 Å². The zero-order chi connectivity index (χ0) is 14.9. The maximum Gasteiger partial charge on any atom is 0.309 e. The lowest BCUT2D eigenvalue weighted by molar-refractivity contribution is -0.142. The maximum absolute atomic E-state index is 14.1. The van der Waals surface area contributed by atoms with E-state index in [1.54, 1.807) is 0 Å². The highest BCUT2D eigenvalue weighted by atomic mass is 35.5. The Balaban J connectivity index is 2.46. The Morgan fingerprint density at radius 1 is 1.55 bits per heavy atom. The van der Waals surface area contributed by atoms with Crippen molar-refractivity contribution in [2.45, 2.75) is 25.8 Å². The Morgan fingerprint density at radius 2 is 2.25 bits per heavy atom. The molecule has 0 aromatic heterocycles. The highest BCUT2D eigenvalue weighted by Gasteiger charge is 2.45. The van der Waals surface area contributed by atoms with Crippen molar-refractivity contribution in [2.75, 3.05) is 6.54 Å². The molecule has 0 radical (unpaired) electrons. The van der Waals surface area contributed by atoms with Crippen LogP contribution in [0.2, 0.25) is 5.02 Å². The summed E-state index contributed by atoms with van der Waals surface area (Å²) in [5.74, 6) is -2.84. The zero-order valence-electron chi connectivity index (χ0n) is 11.0. The van der Waals surface area contributed by atoms with Gasteiger partial charge in [-0.05, 0) is 18.6 Å². The minimum Gasteiger partial charge on any atom is -0.481 e. The fraction of sp³-hybridized carbons (Fsp3) is 0.429. The van der Waals surface area contributed by atoms with E-state index in [0.29, 0.717) is 13.0 Å². The van der Waals surface area contributed by atoms with Gasteiger partial charge in [-0.25, -0.2) is 4.39 Å². The number of amides is 1. The summed E-state index contributed by atoms with van der Waals surface area (Å²) in [6.45, 7) is 2.30. The number of carbonyl (C=O) groups is 2. The van der Waals surface area contributed by atoms with Gasteiger partial charge >= 0.3 is 5.97 Å². The predicted molar refractivity (Wildman–Crippen MR) is 71.9 cm³/mol. The van der Waals surface area contributed by atoms with Crippen molar-refractivity contribution in [3.05, 3.63) is 34.6 Å². The highest BCUT2D eigenvalue weighted by Crippen LogP contribution is 2.39. The molecule has 4 nitrogen and oxygen atoms in total. The molecule has 1 amide bonds. The van der Waals surface area contributed by atoms with Crippen LogP contribution in [-0.2, 0) is 9.59 Å². The number of carbonyl (C=O) groups excluding carboxylic acids is 1. The molecule has 1 aromatic carbocycles. The molecule has 20 heavy (non-hydrogen) atoms. The van der Waals surface area contributed by atoms with E-state index in [4.69, 9.17) is 11.6 Å². The third-order valence-corrected chi connectivity index (χ3v) is 3.73. The summed E-state index contributed by atoms with van der Waals surface area (Å²) in [7, 11) is 0. The van der Waals surface area contributed by atoms with Crippen LogP contribution in [0.1, 0.15) is 31.4 Å². The summed E-state index contributed by atoms with van der Waals surface area (Å²) in [5, 5.41) is 9.51. The van der Waals surface area contributed by atoms with Crippen molar-refractivity contribution >= 4 is 23.5 Å². The predicted octanol–water partition coefficient (Wildman–Crippen LogP) is 2.86. The summed E-state index contributed by atoms with van der Waals surface area (Å²) in [6.07, 6.45) is 0.589. The van der Waals surface area contributed by atoms with Crippen molar-refractivity contribution in [1.82, 2.24) is 4.90 Å². The number of aliphatic carboxylic acids is 1. The Morgan fingerprint density at radius 3 is 2.80 bits per heavy atom. The van der Waals surface area contributed by atoms with Crippen molar-refractivity contribution in [1.29, 1.82) is 0 Å². The second-order valence-electron chi connectivity index (χ2n) is 4.85. The third kappa shape index (κ3) is 2.63. The first-order valence-corrected chi connectivity index (χ1v) is 6.80. The van der Waals surface area contributed by atoms with E-state index in [2.05, 4.69) is 0 Å². The lowest BCUT2D eigenvalue weighted by Crippen LogP contribution is -2.31. The molecular formula is C14H15ClFNO3. The van der Waals surface area contributed by atoms with Gasteiger partial charge in [0.15, 0.2) is 0 Å². The summed E-state index contributed by atoms with van der Waals surface area (Å²) < 4.78 is 14.1. The van der Waals surface area contributed by atoms with Gasteiger partial charge < -0.3 is 10.0 Å². The third-order valence-electron chi connectivity index (χ3n) is 3.49. The van der Waals surface area contributed by atoms with Gasteiger partial charge in [0, 0.05) is 23.6 Å². The first-order valence-electron chi connectivity index (χ1n) is 6.43. The number of hydrogen-bond acceptors (Lipinski definition) is 2. The van der Waals surface area contributed by atoms with Crippen LogP contribution in [0.15, 0.2) is 18.2 Å². The van der Waals surface area contributed by atoms with Gasteiger partial charge in [0.1, 0.15) is 5.82 Å². The minimum atomic E-state index is -1.09. The Kier molecular flexibility index (Phi) is 4.28. The Hall–Kier alpha value is -1.62. The standard InChI is InChI=1S/C14H15ClFNO3/c1-2-5-17-12(18)7-10(14(19)20)13(17)9-4-3-8(15)6-11(9)16/h3-4,6,10,13H,2,5,7H2,1H3,(H,19,20). The molecule has 1 fully saturated rings. The fourth-order valence-electron chi connectivity index (χ4n) is 2.64. The molecule has 1 aliphatic rings. The molecule has 0 aliphatic carbocycles. The summed E-state index contributed by atoms with van der Waals surface area (Å²) in [6, 6.07) is 3.34. The maximum atomic E-state index is 14.1. The van der Waals surface area contributed by atoms with Gasteiger partial charge in [0.2, 0.25) is 5.91 Å². The molecule has 1 N–H and O–H groups in total. The molecule has 108 valence electrons. The molecule has 2 unspecified atom stereocenters. The van der Waals surface area contributed by atoms with E-state index in [9.17, 15) is 19.1 Å². The summed E-state index contributed by atoms with van der Waals surface area (Å²) in [5.41, 5.74) is 0.209. The van der Waals surface area contributed by atoms with E-state index in [1.807, 2.05) is 6.92 Å². The minimum absolute atomic E-state index is 0.0952. The number of carboxylic acid groups (broad SMARTS) is 1. The SMILES string of the molecule is CCCN1C(=O)CC(C(=O)O)C1c1ccc(Cl)cc1F. The van der Waals surface area contributed by atoms with Gasteiger partial charge in [-0.3, -0.25) is 9.59 Å². The number of nitrogens with zero attached hydrogens (tertiary/aromatic N) is 1. The second kappa shape index (κ2) is 5.79. The lowest BCUT2D eigenvalue weighted by Gasteiger charge is -2.27. The normalized spacial score (nSPS) is 22.4. The molecule has 0 spiro atoms. The largest absolute Gasteiger partial charge is 0.481 e. The van der Waals surface area contributed by atoms with E-state index in [0.717, 1.165) is 6.07 Å². The van der Waals surface area contributed by atoms with Crippen LogP contribution < -0.4 is 0 Å². The molecular weight excluding hydrogens is 285 g/mol. The van der Waals surface area contributed by atoms with Gasteiger partial charge in [0.05, 0.1) is 12.0 Å². The van der Waals surface area contributed by atoms with Crippen molar-refractivity contribution < 1.29 is 19.1 Å². The van der Waals surface area contributed by atoms with Crippen molar-refractivity contribution in [2.24, 2.45) is 5.92 Å². The van der Waals surface area contributed by atoms with Gasteiger partial charge in [-0.2, -0.15) is 0 Å². The van der Waals surface area contributed by atoms with Crippen LogP contribution in [0, 0.1) is 11.7 Å². The van der Waals surface area contributed by atoms with E-state index < -0.39 is 23.7 Å². The number of rotatable bonds is 4. The van der Waals surface area contributed by atoms with Crippen LogP contribution in [0.3, 0.4) is 0 Å². The molecule has 1 aliphatic heterocycles. The van der Waals surface area contributed by atoms with Crippen LogP contribution in [0.5, 0.6) is 0 Å². The highest BCUT2D eigenvalue weighted by molar-refractivity contribution is 6.30. The lowest BCUT2D eigenvalue weighted by atomic mass is 9.93. The average molecular weight is 300 g/mol. The summed E-state index contributed by atoms with van der Waals surface area (Å²) in [4.78, 5) is 24.7.